The summed E-state index contributed by atoms with van der Waals surface area (Å²) in [6.07, 6.45) is 0.845. The lowest BCUT2D eigenvalue weighted by molar-refractivity contribution is -0.149. The average Bonchev–Trinajstić information content (AvgIpc) is 3.14. The summed E-state index contributed by atoms with van der Waals surface area (Å²) in [5.74, 6) is -0.685. The highest BCUT2D eigenvalue weighted by Gasteiger charge is 2.56. The second kappa shape index (κ2) is 5.53. The van der Waals surface area contributed by atoms with Crippen LogP contribution in [-0.2, 0) is 9.59 Å². The van der Waals surface area contributed by atoms with Gasteiger partial charge in [0, 0.05) is 0 Å². The van der Waals surface area contributed by atoms with Crippen molar-refractivity contribution in [1.29, 1.82) is 0 Å². The van der Waals surface area contributed by atoms with Crippen molar-refractivity contribution in [1.82, 2.24) is 5.32 Å². The van der Waals surface area contributed by atoms with Gasteiger partial charge in [-0.3, -0.25) is 9.59 Å². The largest absolute Gasteiger partial charge is 0.492 e. The van der Waals surface area contributed by atoms with E-state index in [1.54, 1.807) is 0 Å². The number of aryl methyl sites for hydroxylation is 2. The molecule has 0 heterocycles. The summed E-state index contributed by atoms with van der Waals surface area (Å²) in [6.45, 7) is 4.61. The maximum absolute atomic E-state index is 11.7. The molecule has 5 nitrogen and oxygen atoms in total. The van der Waals surface area contributed by atoms with Crippen molar-refractivity contribution in [2.45, 2.75) is 26.7 Å². The number of benzene rings is 1. The van der Waals surface area contributed by atoms with Crippen LogP contribution in [0, 0.1) is 19.3 Å². The zero-order valence-electron chi connectivity index (χ0n) is 11.7. The predicted molar refractivity (Wildman–Crippen MR) is 73.7 cm³/mol. The van der Waals surface area contributed by atoms with Crippen LogP contribution in [0.25, 0.3) is 0 Å². The van der Waals surface area contributed by atoms with Crippen LogP contribution in [-0.4, -0.2) is 30.1 Å². The minimum absolute atomic E-state index is 0.306. The first-order valence-electron chi connectivity index (χ1n) is 6.67. The SMILES string of the molecule is Cc1cc(C)cc(OCCNC(=O)C2(C(=O)O)CC2)c1. The maximum Gasteiger partial charge on any atom is 0.319 e. The molecule has 1 aliphatic carbocycles. The number of carbonyl (C=O) groups is 2. The minimum atomic E-state index is -1.18. The van der Waals surface area contributed by atoms with Gasteiger partial charge >= 0.3 is 5.97 Å². The molecule has 0 unspecified atom stereocenters. The van der Waals surface area contributed by atoms with Crippen LogP contribution >= 0.6 is 0 Å². The van der Waals surface area contributed by atoms with E-state index in [4.69, 9.17) is 9.84 Å². The molecule has 1 saturated carbocycles. The number of aliphatic carboxylic acids is 1. The van der Waals surface area contributed by atoms with Crippen molar-refractivity contribution in [3.63, 3.8) is 0 Å². The lowest BCUT2D eigenvalue weighted by Crippen LogP contribution is -2.38. The van der Waals surface area contributed by atoms with Crippen LogP contribution < -0.4 is 10.1 Å². The summed E-state index contributed by atoms with van der Waals surface area (Å²) in [5, 5.41) is 11.6. The lowest BCUT2D eigenvalue weighted by Gasteiger charge is -2.12. The van der Waals surface area contributed by atoms with Gasteiger partial charge in [-0.15, -0.1) is 0 Å². The van der Waals surface area contributed by atoms with E-state index < -0.39 is 17.3 Å². The fourth-order valence-corrected chi connectivity index (χ4v) is 2.18. The van der Waals surface area contributed by atoms with Gasteiger partial charge in [-0.25, -0.2) is 0 Å². The van der Waals surface area contributed by atoms with Crippen molar-refractivity contribution in [3.8, 4) is 5.75 Å². The third kappa shape index (κ3) is 3.10. The number of ether oxygens (including phenoxy) is 1. The van der Waals surface area contributed by atoms with Gasteiger partial charge < -0.3 is 15.2 Å². The second-order valence-electron chi connectivity index (χ2n) is 5.32. The van der Waals surface area contributed by atoms with Crippen molar-refractivity contribution in [2.24, 2.45) is 5.41 Å². The Kier molecular flexibility index (Phi) is 3.97. The molecular weight excluding hydrogens is 258 g/mol. The first-order chi connectivity index (χ1) is 9.44. The van der Waals surface area contributed by atoms with E-state index >= 15 is 0 Å². The van der Waals surface area contributed by atoms with Gasteiger partial charge in [0.2, 0.25) is 5.91 Å². The van der Waals surface area contributed by atoms with Gasteiger partial charge in [0.25, 0.3) is 0 Å². The Morgan fingerprint density at radius 1 is 1.25 bits per heavy atom. The monoisotopic (exact) mass is 277 g/mol. The smallest absolute Gasteiger partial charge is 0.319 e. The van der Waals surface area contributed by atoms with E-state index in [0.29, 0.717) is 26.0 Å². The normalized spacial score (nSPS) is 15.5. The van der Waals surface area contributed by atoms with Crippen molar-refractivity contribution in [3.05, 3.63) is 29.3 Å². The van der Waals surface area contributed by atoms with Gasteiger partial charge in [0.1, 0.15) is 17.8 Å². The Bertz CT molecular complexity index is 514. The van der Waals surface area contributed by atoms with E-state index in [0.717, 1.165) is 16.9 Å². The minimum Gasteiger partial charge on any atom is -0.492 e. The van der Waals surface area contributed by atoms with Crippen LogP contribution in [0.4, 0.5) is 0 Å². The Balaban J connectivity index is 1.77. The molecule has 2 rings (SSSR count). The fraction of sp³-hybridized carbons (Fsp3) is 0.467. The number of carbonyl (C=O) groups excluding carboxylic acids is 1. The first-order valence-corrected chi connectivity index (χ1v) is 6.67. The quantitative estimate of drug-likeness (QED) is 0.612. The van der Waals surface area contributed by atoms with E-state index in [2.05, 4.69) is 11.4 Å². The molecular formula is C15H19NO4. The fourth-order valence-electron chi connectivity index (χ4n) is 2.18. The number of amides is 1. The van der Waals surface area contributed by atoms with Gasteiger partial charge in [-0.05, 0) is 49.9 Å². The summed E-state index contributed by atoms with van der Waals surface area (Å²) in [6, 6.07) is 5.90. The topological polar surface area (TPSA) is 75.6 Å². The van der Waals surface area contributed by atoms with E-state index in [1.807, 2.05) is 26.0 Å². The van der Waals surface area contributed by atoms with Crippen LogP contribution in [0.3, 0.4) is 0 Å². The highest BCUT2D eigenvalue weighted by atomic mass is 16.5. The number of carboxylic acid groups (broad SMARTS) is 1. The van der Waals surface area contributed by atoms with Crippen LogP contribution in [0.2, 0.25) is 0 Å². The van der Waals surface area contributed by atoms with Crippen molar-refractivity contribution in [2.75, 3.05) is 13.2 Å². The van der Waals surface area contributed by atoms with E-state index in [9.17, 15) is 9.59 Å². The van der Waals surface area contributed by atoms with Crippen molar-refractivity contribution >= 4 is 11.9 Å². The first kappa shape index (κ1) is 14.4. The summed E-state index contributed by atoms with van der Waals surface area (Å²) < 4.78 is 5.55. The Morgan fingerprint density at radius 2 is 1.85 bits per heavy atom. The maximum atomic E-state index is 11.7. The van der Waals surface area contributed by atoms with Crippen molar-refractivity contribution < 1.29 is 19.4 Å². The zero-order valence-corrected chi connectivity index (χ0v) is 11.7. The van der Waals surface area contributed by atoms with Crippen LogP contribution in [0.1, 0.15) is 24.0 Å². The number of hydrogen-bond acceptors (Lipinski definition) is 3. The number of hydrogen-bond donors (Lipinski definition) is 2. The van der Waals surface area contributed by atoms with Gasteiger partial charge in [0.15, 0.2) is 0 Å². The molecule has 0 saturated heterocycles. The Morgan fingerprint density at radius 3 is 2.35 bits per heavy atom. The van der Waals surface area contributed by atoms with Gasteiger partial charge in [0.05, 0.1) is 6.54 Å². The molecule has 20 heavy (non-hydrogen) atoms. The third-order valence-electron chi connectivity index (χ3n) is 3.45. The summed E-state index contributed by atoms with van der Waals surface area (Å²) in [4.78, 5) is 22.7. The third-order valence-corrected chi connectivity index (χ3v) is 3.45. The Labute approximate surface area is 117 Å². The molecule has 5 heteroatoms. The van der Waals surface area contributed by atoms with E-state index in [1.165, 1.54) is 0 Å². The molecule has 0 atom stereocenters. The molecule has 1 amide bonds. The highest BCUT2D eigenvalue weighted by molar-refractivity contribution is 6.04. The predicted octanol–water partition coefficient (Wildman–Crippen LogP) is 1.66. The molecule has 108 valence electrons. The van der Waals surface area contributed by atoms with Gasteiger partial charge in [-0.1, -0.05) is 6.07 Å². The molecule has 0 bridgehead atoms. The number of nitrogens with one attached hydrogen (secondary N) is 1. The lowest BCUT2D eigenvalue weighted by atomic mass is 10.1. The number of carboxylic acids is 1. The zero-order chi connectivity index (χ0) is 14.8. The Hall–Kier alpha value is -2.04. The molecule has 1 aromatic rings. The van der Waals surface area contributed by atoms with Gasteiger partial charge in [-0.2, -0.15) is 0 Å². The number of rotatable bonds is 6. The molecule has 2 N–H and O–H groups in total. The van der Waals surface area contributed by atoms with Crippen LogP contribution in [0.15, 0.2) is 18.2 Å². The molecule has 0 radical (unpaired) electrons. The molecule has 1 fully saturated rings. The average molecular weight is 277 g/mol. The van der Waals surface area contributed by atoms with E-state index in [-0.39, 0.29) is 0 Å². The molecule has 0 aliphatic heterocycles. The molecule has 0 aromatic heterocycles. The standard InChI is InChI=1S/C15H19NO4/c1-10-7-11(2)9-12(8-10)20-6-5-16-13(17)15(3-4-15)14(18)19/h7-9H,3-6H2,1-2H3,(H,16,17)(H,18,19). The highest BCUT2D eigenvalue weighted by Crippen LogP contribution is 2.45. The molecule has 0 spiro atoms. The summed E-state index contributed by atoms with van der Waals surface area (Å²) in [7, 11) is 0. The molecule has 1 aromatic carbocycles. The van der Waals surface area contributed by atoms with Crippen LogP contribution in [0.5, 0.6) is 5.75 Å². The summed E-state index contributed by atoms with van der Waals surface area (Å²) >= 11 is 0. The summed E-state index contributed by atoms with van der Waals surface area (Å²) in [5.41, 5.74) is 1.05. The molecule has 1 aliphatic rings. The second-order valence-corrected chi connectivity index (χ2v) is 5.32.